The summed E-state index contributed by atoms with van der Waals surface area (Å²) < 4.78 is 55.2. The smallest absolute Gasteiger partial charge is 0.497 e. The Kier molecular flexibility index (Phi) is 5.18. The Morgan fingerprint density at radius 3 is 2.69 bits per heavy atom. The third kappa shape index (κ3) is 4.21. The standard InChI is InChI=1S/C19H19F3N4O3/c1-27-13-4-5-14(16(11-13)29-19(20,21)22)17-15-3-2-8-26(15)18(25-24-17)23-12-6-9-28-10-7-12/h2-5,8,11-12H,6-7,9-10H2,1H3,(H,23,25). The summed E-state index contributed by atoms with van der Waals surface area (Å²) >= 11 is 0. The van der Waals surface area contributed by atoms with E-state index in [4.69, 9.17) is 9.47 Å². The van der Waals surface area contributed by atoms with Crippen molar-refractivity contribution in [1.82, 2.24) is 14.6 Å². The lowest BCUT2D eigenvalue weighted by molar-refractivity contribution is -0.274. The summed E-state index contributed by atoms with van der Waals surface area (Å²) in [7, 11) is 1.37. The highest BCUT2D eigenvalue weighted by Crippen LogP contribution is 2.37. The molecule has 0 spiro atoms. The lowest BCUT2D eigenvalue weighted by atomic mass is 10.1. The molecule has 0 bridgehead atoms. The fourth-order valence-corrected chi connectivity index (χ4v) is 3.30. The minimum atomic E-state index is -4.85. The number of fused-ring (bicyclic) bond motifs is 1. The SMILES string of the molecule is COc1ccc(-c2nnc(NC3CCOCC3)n3cccc23)c(OC(F)(F)F)c1. The van der Waals surface area contributed by atoms with Gasteiger partial charge in [-0.25, -0.2) is 0 Å². The van der Waals surface area contributed by atoms with E-state index in [1.807, 2.05) is 0 Å². The number of hydrogen-bond donors (Lipinski definition) is 1. The number of rotatable bonds is 5. The number of benzene rings is 1. The van der Waals surface area contributed by atoms with Gasteiger partial charge in [0.05, 0.1) is 12.6 Å². The van der Waals surface area contributed by atoms with Crippen LogP contribution < -0.4 is 14.8 Å². The zero-order chi connectivity index (χ0) is 20.4. The quantitative estimate of drug-likeness (QED) is 0.691. The molecule has 1 aliphatic rings. The van der Waals surface area contributed by atoms with Crippen LogP contribution in [0.3, 0.4) is 0 Å². The van der Waals surface area contributed by atoms with Gasteiger partial charge < -0.3 is 19.5 Å². The molecule has 0 amide bonds. The molecule has 1 aromatic carbocycles. The third-order valence-electron chi connectivity index (χ3n) is 4.69. The second kappa shape index (κ2) is 7.78. The lowest BCUT2D eigenvalue weighted by Crippen LogP contribution is -2.29. The van der Waals surface area contributed by atoms with E-state index in [2.05, 4.69) is 20.3 Å². The zero-order valence-electron chi connectivity index (χ0n) is 15.6. The molecule has 1 aliphatic heterocycles. The maximum absolute atomic E-state index is 12.9. The highest BCUT2D eigenvalue weighted by molar-refractivity contribution is 5.81. The second-order valence-electron chi connectivity index (χ2n) is 6.58. The van der Waals surface area contributed by atoms with Gasteiger partial charge >= 0.3 is 6.36 Å². The van der Waals surface area contributed by atoms with Gasteiger partial charge in [0, 0.05) is 37.1 Å². The van der Waals surface area contributed by atoms with Gasteiger partial charge in [0.15, 0.2) is 0 Å². The Morgan fingerprint density at radius 2 is 1.97 bits per heavy atom. The minimum absolute atomic E-state index is 0.164. The van der Waals surface area contributed by atoms with Crippen molar-refractivity contribution in [2.24, 2.45) is 0 Å². The number of aromatic nitrogens is 3. The van der Waals surface area contributed by atoms with E-state index in [0.717, 1.165) is 12.8 Å². The summed E-state index contributed by atoms with van der Waals surface area (Å²) in [4.78, 5) is 0. The van der Waals surface area contributed by atoms with Crippen LogP contribution in [-0.2, 0) is 4.74 Å². The van der Waals surface area contributed by atoms with Crippen LogP contribution in [0.1, 0.15) is 12.8 Å². The Balaban J connectivity index is 1.75. The first-order valence-corrected chi connectivity index (χ1v) is 9.07. The van der Waals surface area contributed by atoms with Crippen LogP contribution in [0, 0.1) is 0 Å². The van der Waals surface area contributed by atoms with E-state index >= 15 is 0 Å². The molecular weight excluding hydrogens is 389 g/mol. The van der Waals surface area contributed by atoms with Crippen LogP contribution >= 0.6 is 0 Å². The normalized spacial score (nSPS) is 15.4. The number of nitrogens with one attached hydrogen (secondary N) is 1. The van der Waals surface area contributed by atoms with Crippen molar-refractivity contribution in [3.63, 3.8) is 0 Å². The largest absolute Gasteiger partial charge is 0.573 e. The fourth-order valence-electron chi connectivity index (χ4n) is 3.30. The number of alkyl halides is 3. The Morgan fingerprint density at radius 1 is 1.17 bits per heavy atom. The molecule has 1 N–H and O–H groups in total. The number of ether oxygens (including phenoxy) is 3. The van der Waals surface area contributed by atoms with Crippen molar-refractivity contribution >= 4 is 11.5 Å². The van der Waals surface area contributed by atoms with E-state index in [1.165, 1.54) is 19.2 Å². The minimum Gasteiger partial charge on any atom is -0.497 e. The summed E-state index contributed by atoms with van der Waals surface area (Å²) in [5, 5.41) is 11.8. The molecule has 154 valence electrons. The molecule has 1 saturated heterocycles. The summed E-state index contributed by atoms with van der Waals surface area (Å²) in [6.07, 6.45) is -1.39. The predicted octanol–water partition coefficient (Wildman–Crippen LogP) is 3.89. The van der Waals surface area contributed by atoms with Crippen molar-refractivity contribution < 1.29 is 27.4 Å². The van der Waals surface area contributed by atoms with Crippen LogP contribution in [0.15, 0.2) is 36.5 Å². The van der Waals surface area contributed by atoms with Crippen LogP contribution in [0.5, 0.6) is 11.5 Å². The molecule has 0 saturated carbocycles. The van der Waals surface area contributed by atoms with Gasteiger partial charge in [-0.1, -0.05) is 0 Å². The Bertz CT molecular complexity index is 1000. The molecule has 7 nitrogen and oxygen atoms in total. The van der Waals surface area contributed by atoms with Crippen LogP contribution in [0.2, 0.25) is 0 Å². The number of nitrogens with zero attached hydrogens (tertiary/aromatic N) is 3. The van der Waals surface area contributed by atoms with Gasteiger partial charge in [0.25, 0.3) is 0 Å². The van der Waals surface area contributed by atoms with Gasteiger partial charge in [-0.05, 0) is 37.1 Å². The molecule has 10 heteroatoms. The van der Waals surface area contributed by atoms with Gasteiger partial charge in [0.1, 0.15) is 17.2 Å². The molecule has 2 aromatic heterocycles. The Hall–Kier alpha value is -3.01. The van der Waals surface area contributed by atoms with E-state index in [-0.39, 0.29) is 23.0 Å². The lowest BCUT2D eigenvalue weighted by Gasteiger charge is -2.24. The first-order valence-electron chi connectivity index (χ1n) is 9.07. The maximum atomic E-state index is 12.9. The first-order chi connectivity index (χ1) is 13.9. The van der Waals surface area contributed by atoms with Crippen LogP contribution in [0.25, 0.3) is 16.8 Å². The average Bonchev–Trinajstić information content (AvgIpc) is 3.18. The predicted molar refractivity (Wildman–Crippen MR) is 99.1 cm³/mol. The van der Waals surface area contributed by atoms with Crippen LogP contribution in [0.4, 0.5) is 19.1 Å². The molecule has 0 unspecified atom stereocenters. The molecule has 4 rings (SSSR count). The van der Waals surface area contributed by atoms with Crippen LogP contribution in [-0.4, -0.2) is 47.3 Å². The van der Waals surface area contributed by atoms with Crippen molar-refractivity contribution in [2.45, 2.75) is 25.2 Å². The van der Waals surface area contributed by atoms with Gasteiger partial charge in [-0.3, -0.25) is 4.40 Å². The molecule has 0 aliphatic carbocycles. The van der Waals surface area contributed by atoms with Gasteiger partial charge in [0.2, 0.25) is 5.95 Å². The molecular formula is C19H19F3N4O3. The van der Waals surface area contributed by atoms with Crippen molar-refractivity contribution in [3.05, 3.63) is 36.5 Å². The summed E-state index contributed by atoms with van der Waals surface area (Å²) in [5.41, 5.74) is 1.04. The highest BCUT2D eigenvalue weighted by atomic mass is 19.4. The molecule has 3 aromatic rings. The zero-order valence-corrected chi connectivity index (χ0v) is 15.6. The number of hydrogen-bond acceptors (Lipinski definition) is 6. The van der Waals surface area contributed by atoms with E-state index in [0.29, 0.717) is 24.7 Å². The highest BCUT2D eigenvalue weighted by Gasteiger charge is 2.33. The molecule has 3 heterocycles. The second-order valence-corrected chi connectivity index (χ2v) is 6.58. The fraction of sp³-hybridized carbons (Fsp3) is 0.368. The van der Waals surface area contributed by atoms with Gasteiger partial charge in [-0.15, -0.1) is 23.4 Å². The molecule has 1 fully saturated rings. The number of methoxy groups -OCH3 is 1. The molecule has 29 heavy (non-hydrogen) atoms. The van der Waals surface area contributed by atoms with Crippen molar-refractivity contribution in [3.8, 4) is 22.8 Å². The molecule has 0 atom stereocenters. The van der Waals surface area contributed by atoms with E-state index in [9.17, 15) is 13.2 Å². The molecule has 0 radical (unpaired) electrons. The van der Waals surface area contributed by atoms with Crippen molar-refractivity contribution in [2.75, 3.05) is 25.6 Å². The van der Waals surface area contributed by atoms with Gasteiger partial charge in [-0.2, -0.15) is 0 Å². The van der Waals surface area contributed by atoms with Crippen molar-refractivity contribution in [1.29, 1.82) is 0 Å². The third-order valence-corrected chi connectivity index (χ3v) is 4.69. The summed E-state index contributed by atoms with van der Waals surface area (Å²) in [6, 6.07) is 7.94. The first kappa shape index (κ1) is 19.3. The average molecular weight is 408 g/mol. The topological polar surface area (TPSA) is 69.9 Å². The monoisotopic (exact) mass is 408 g/mol. The number of halogens is 3. The van der Waals surface area contributed by atoms with E-state index in [1.54, 1.807) is 28.8 Å². The Labute approximate surface area is 164 Å². The maximum Gasteiger partial charge on any atom is 0.573 e. The summed E-state index contributed by atoms with van der Waals surface area (Å²) in [5.74, 6) is 0.358. The number of anilines is 1. The summed E-state index contributed by atoms with van der Waals surface area (Å²) in [6.45, 7) is 1.34. The van der Waals surface area contributed by atoms with E-state index < -0.39 is 12.1 Å².